The molecule has 0 saturated carbocycles. The summed E-state index contributed by atoms with van der Waals surface area (Å²) in [5, 5.41) is 8.33. The van der Waals surface area contributed by atoms with E-state index in [0.29, 0.717) is 5.69 Å². The Hall–Kier alpha value is -1.87. The molecule has 0 radical (unpaired) electrons. The van der Waals surface area contributed by atoms with Crippen LogP contribution in [0.15, 0.2) is 29.3 Å². The highest BCUT2D eigenvalue weighted by atomic mass is 35.5. The fraction of sp³-hybridized carbons (Fsp3) is 0.308. The molecular formula is C13H11ClF2N2O4S. The van der Waals surface area contributed by atoms with Gasteiger partial charge in [-0.3, -0.25) is 14.5 Å². The Morgan fingerprint density at radius 1 is 1.48 bits per heavy atom. The van der Waals surface area contributed by atoms with E-state index < -0.39 is 16.8 Å². The summed E-state index contributed by atoms with van der Waals surface area (Å²) in [7, 11) is 1.48. The van der Waals surface area contributed by atoms with Gasteiger partial charge in [-0.1, -0.05) is 11.8 Å². The number of halogens is 3. The predicted octanol–water partition coefficient (Wildman–Crippen LogP) is 2.89. The summed E-state index contributed by atoms with van der Waals surface area (Å²) in [6, 6.07) is 5.24. The molecule has 1 atom stereocenters. The van der Waals surface area contributed by atoms with E-state index in [1.54, 1.807) is 0 Å². The molecule has 23 heavy (non-hydrogen) atoms. The average Bonchev–Trinajstić information content (AvgIpc) is 2.44. The van der Waals surface area contributed by atoms with Gasteiger partial charge in [0.25, 0.3) is 0 Å². The number of rotatable bonds is 4. The molecule has 1 unspecified atom stereocenters. The maximum Gasteiger partial charge on any atom is 0.487 e. The summed E-state index contributed by atoms with van der Waals surface area (Å²) in [6.45, 7) is 0. The summed E-state index contributed by atoms with van der Waals surface area (Å²) in [4.78, 5) is 28.2. The lowest BCUT2D eigenvalue weighted by Gasteiger charge is -2.27. The molecule has 1 N–H and O–H groups in total. The van der Waals surface area contributed by atoms with Crippen molar-refractivity contribution >= 4 is 46.1 Å². The van der Waals surface area contributed by atoms with Crippen LogP contribution < -0.4 is 4.74 Å². The van der Waals surface area contributed by atoms with Gasteiger partial charge in [0.05, 0.1) is 12.1 Å². The number of nitrogens with zero attached hydrogens (tertiary/aromatic N) is 2. The average molecular weight is 365 g/mol. The normalized spacial score (nSPS) is 20.7. The number of aliphatic carboxylic acids is 1. The maximum absolute atomic E-state index is 12.5. The highest BCUT2D eigenvalue weighted by Crippen LogP contribution is 2.30. The first-order valence-electron chi connectivity index (χ1n) is 6.26. The highest BCUT2D eigenvalue weighted by Gasteiger charge is 2.33. The number of benzene rings is 1. The van der Waals surface area contributed by atoms with Crippen LogP contribution in [-0.2, 0) is 9.59 Å². The number of alkyl halides is 3. The van der Waals surface area contributed by atoms with E-state index in [1.807, 2.05) is 0 Å². The van der Waals surface area contributed by atoms with Crippen LogP contribution >= 0.6 is 23.4 Å². The van der Waals surface area contributed by atoms with Gasteiger partial charge in [0.2, 0.25) is 5.91 Å². The molecule has 1 aliphatic heterocycles. The molecule has 1 aromatic carbocycles. The van der Waals surface area contributed by atoms with E-state index in [1.165, 1.54) is 36.2 Å². The number of carboxylic acids is 1. The zero-order valence-corrected chi connectivity index (χ0v) is 13.3. The Morgan fingerprint density at radius 2 is 2.09 bits per heavy atom. The highest BCUT2D eigenvalue weighted by molar-refractivity contribution is 8.15. The fourth-order valence-corrected chi connectivity index (χ4v) is 2.81. The number of amides is 1. The third-order valence-electron chi connectivity index (χ3n) is 2.84. The molecule has 1 aromatic rings. The molecule has 6 nitrogen and oxygen atoms in total. The lowest BCUT2D eigenvalue weighted by molar-refractivity contribution is -0.139. The molecule has 1 amide bonds. The minimum absolute atomic E-state index is 0.118. The van der Waals surface area contributed by atoms with Gasteiger partial charge in [0.1, 0.15) is 11.0 Å². The zero-order chi connectivity index (χ0) is 17.2. The van der Waals surface area contributed by atoms with Crippen molar-refractivity contribution in [2.24, 2.45) is 4.99 Å². The van der Waals surface area contributed by atoms with Gasteiger partial charge >= 0.3 is 11.5 Å². The number of hydrogen-bond donors (Lipinski definition) is 1. The van der Waals surface area contributed by atoms with E-state index in [4.69, 9.17) is 5.11 Å². The molecular weight excluding hydrogens is 354 g/mol. The second kappa shape index (κ2) is 6.71. The fourth-order valence-electron chi connectivity index (χ4n) is 1.72. The van der Waals surface area contributed by atoms with Crippen LogP contribution in [0, 0.1) is 0 Å². The first-order chi connectivity index (χ1) is 10.7. The Balaban J connectivity index is 2.19. The first-order valence-corrected chi connectivity index (χ1v) is 7.52. The van der Waals surface area contributed by atoms with Gasteiger partial charge in [0.15, 0.2) is 5.17 Å². The Labute approximate surface area is 139 Å². The van der Waals surface area contributed by atoms with Crippen molar-refractivity contribution in [2.45, 2.75) is 17.2 Å². The maximum atomic E-state index is 12.5. The van der Waals surface area contributed by atoms with E-state index >= 15 is 0 Å². The van der Waals surface area contributed by atoms with E-state index in [0.717, 1.165) is 11.8 Å². The monoisotopic (exact) mass is 364 g/mol. The van der Waals surface area contributed by atoms with E-state index in [2.05, 4.69) is 21.3 Å². The number of carboxylic acid groups (broad SMARTS) is 1. The van der Waals surface area contributed by atoms with Gasteiger partial charge in [0, 0.05) is 18.6 Å². The van der Waals surface area contributed by atoms with E-state index in [9.17, 15) is 18.4 Å². The second-order valence-corrected chi connectivity index (χ2v) is 6.15. The smallest absolute Gasteiger partial charge is 0.480 e. The van der Waals surface area contributed by atoms with Crippen LogP contribution in [-0.4, -0.2) is 44.9 Å². The number of carbonyl (C=O) groups is 2. The number of aliphatic imine (C=N–C) groups is 1. The zero-order valence-electron chi connectivity index (χ0n) is 11.7. The summed E-state index contributed by atoms with van der Waals surface area (Å²) in [5.41, 5.74) is -3.46. The first kappa shape index (κ1) is 17.5. The van der Waals surface area contributed by atoms with Crippen molar-refractivity contribution in [3.63, 3.8) is 0 Å². The molecule has 0 bridgehead atoms. The van der Waals surface area contributed by atoms with Crippen LogP contribution in [0.25, 0.3) is 0 Å². The second-order valence-electron chi connectivity index (χ2n) is 4.54. The largest absolute Gasteiger partial charge is 0.487 e. The quantitative estimate of drug-likeness (QED) is 0.831. The number of carbonyl (C=O) groups excluding carboxylic acids is 1. The van der Waals surface area contributed by atoms with E-state index in [-0.39, 0.29) is 23.2 Å². The summed E-state index contributed by atoms with van der Waals surface area (Å²) >= 11 is 5.60. The van der Waals surface area contributed by atoms with Gasteiger partial charge in [-0.05, 0) is 24.3 Å². The van der Waals surface area contributed by atoms with Crippen molar-refractivity contribution in [2.75, 3.05) is 7.05 Å². The number of ether oxygens (including phenoxy) is 1. The van der Waals surface area contributed by atoms with Crippen LogP contribution in [0.2, 0.25) is 0 Å². The predicted molar refractivity (Wildman–Crippen MR) is 81.4 cm³/mol. The molecule has 0 aromatic heterocycles. The molecule has 124 valence electrons. The topological polar surface area (TPSA) is 79.2 Å². The number of hydrogen-bond acceptors (Lipinski definition) is 5. The van der Waals surface area contributed by atoms with Crippen molar-refractivity contribution < 1.29 is 28.2 Å². The Bertz CT molecular complexity index is 648. The molecule has 1 fully saturated rings. The minimum atomic E-state index is -3.81. The van der Waals surface area contributed by atoms with Crippen LogP contribution in [0.4, 0.5) is 14.5 Å². The standard InChI is InChI=1S/C13H11ClF2N2O4S/c1-18-10(19)6-9(11(20)21)23-12(18)17-7-2-4-8(5-3-7)22-13(14,15)16/h2-5,9H,6H2,1H3,(H,20,21). The lowest BCUT2D eigenvalue weighted by atomic mass is 10.3. The molecule has 1 heterocycles. The third-order valence-corrected chi connectivity index (χ3v) is 4.15. The summed E-state index contributed by atoms with van der Waals surface area (Å²) in [6.07, 6.45) is -0.118. The SMILES string of the molecule is CN1C(=O)CC(C(=O)O)SC1=Nc1ccc(OC(F)(F)Cl)cc1. The molecule has 2 rings (SSSR count). The van der Waals surface area contributed by atoms with Crippen molar-refractivity contribution in [1.82, 2.24) is 4.90 Å². The van der Waals surface area contributed by atoms with Crippen LogP contribution in [0.1, 0.15) is 6.42 Å². The number of thioether (sulfide) groups is 1. The van der Waals surface area contributed by atoms with Crippen molar-refractivity contribution in [3.05, 3.63) is 24.3 Å². The van der Waals surface area contributed by atoms with Crippen molar-refractivity contribution in [1.29, 1.82) is 0 Å². The molecule has 1 aliphatic rings. The van der Waals surface area contributed by atoms with Crippen LogP contribution in [0.3, 0.4) is 0 Å². The Kier molecular flexibility index (Phi) is 5.10. The molecule has 0 aliphatic carbocycles. The van der Waals surface area contributed by atoms with Gasteiger partial charge < -0.3 is 9.84 Å². The van der Waals surface area contributed by atoms with Gasteiger partial charge in [-0.25, -0.2) is 4.99 Å². The number of amidine groups is 1. The van der Waals surface area contributed by atoms with Gasteiger partial charge in [-0.2, -0.15) is 0 Å². The summed E-state index contributed by atoms with van der Waals surface area (Å²) in [5.74, 6) is -1.62. The molecule has 10 heteroatoms. The minimum Gasteiger partial charge on any atom is -0.480 e. The van der Waals surface area contributed by atoms with Crippen molar-refractivity contribution in [3.8, 4) is 5.75 Å². The third kappa shape index (κ3) is 4.80. The molecule has 0 spiro atoms. The molecule has 1 saturated heterocycles. The van der Waals surface area contributed by atoms with Gasteiger partial charge in [-0.15, -0.1) is 8.78 Å². The Morgan fingerprint density at radius 3 is 2.61 bits per heavy atom. The van der Waals surface area contributed by atoms with Crippen LogP contribution in [0.5, 0.6) is 5.75 Å². The lowest BCUT2D eigenvalue weighted by Crippen LogP contribution is -2.41. The summed E-state index contributed by atoms with van der Waals surface area (Å²) < 4.78 is 29.2.